The molecule has 1 fully saturated rings. The van der Waals surface area contributed by atoms with Gasteiger partial charge in [-0.25, -0.2) is 0 Å². The van der Waals surface area contributed by atoms with Crippen LogP contribution >= 0.6 is 0 Å². The molecule has 0 radical (unpaired) electrons. The van der Waals surface area contributed by atoms with Gasteiger partial charge in [-0.3, -0.25) is 4.79 Å². The number of esters is 1. The molecule has 1 saturated carbocycles. The quantitative estimate of drug-likeness (QED) is 0.738. The number of carbonyl (C=O) groups is 1. The summed E-state index contributed by atoms with van der Waals surface area (Å²) in [6.07, 6.45) is 3.59. The average Bonchev–Trinajstić information content (AvgIpc) is 2.37. The Balaban J connectivity index is 2.60. The number of hydrogen-bond acceptors (Lipinski definition) is 5. The molecule has 0 aromatic heterocycles. The third-order valence-electron chi connectivity index (χ3n) is 3.92. The van der Waals surface area contributed by atoms with Crippen LogP contribution < -0.4 is 5.73 Å². The fraction of sp³-hybridized carbons (Fsp3) is 0.923. The Bertz CT molecular complexity index is 285. The molecule has 3 unspecified atom stereocenters. The van der Waals surface area contributed by atoms with Gasteiger partial charge in [0.25, 0.3) is 0 Å². The smallest absolute Gasteiger partial charge is 0.325 e. The predicted molar refractivity (Wildman–Crippen MR) is 70.3 cm³/mol. The van der Waals surface area contributed by atoms with Gasteiger partial charge in [-0.1, -0.05) is 0 Å². The zero-order valence-electron chi connectivity index (χ0n) is 11.9. The third-order valence-corrected chi connectivity index (χ3v) is 3.92. The molecule has 5 heteroatoms. The van der Waals surface area contributed by atoms with Gasteiger partial charge in [-0.15, -0.1) is 0 Å². The van der Waals surface area contributed by atoms with Gasteiger partial charge in [-0.2, -0.15) is 0 Å². The Morgan fingerprint density at radius 2 is 2.22 bits per heavy atom. The zero-order chi connectivity index (χ0) is 13.8. The summed E-state index contributed by atoms with van der Waals surface area (Å²) in [5, 5.41) is 0. The second kappa shape index (κ2) is 6.50. The first-order valence-corrected chi connectivity index (χ1v) is 6.53. The van der Waals surface area contributed by atoms with Crippen LogP contribution in [0.2, 0.25) is 0 Å². The summed E-state index contributed by atoms with van der Waals surface area (Å²) in [5.41, 5.74) is 5.35. The van der Waals surface area contributed by atoms with Gasteiger partial charge in [0.05, 0.1) is 13.2 Å². The summed E-state index contributed by atoms with van der Waals surface area (Å²) in [4.78, 5) is 14.0. The number of hydrogen-bond donors (Lipinski definition) is 1. The van der Waals surface area contributed by atoms with Crippen molar-refractivity contribution >= 4 is 5.97 Å². The molecular weight excluding hydrogens is 232 g/mol. The molecule has 106 valence electrons. The molecule has 0 bridgehead atoms. The molecule has 1 aliphatic rings. The number of nitrogens with two attached hydrogens (primary N) is 1. The first-order valence-electron chi connectivity index (χ1n) is 6.53. The van der Waals surface area contributed by atoms with E-state index in [9.17, 15) is 4.79 Å². The lowest BCUT2D eigenvalue weighted by atomic mass is 9.79. The number of nitrogens with zero attached hydrogens (tertiary/aromatic N) is 1. The van der Waals surface area contributed by atoms with Crippen molar-refractivity contribution < 1.29 is 14.3 Å². The molecule has 1 aliphatic carbocycles. The van der Waals surface area contributed by atoms with Crippen LogP contribution in [0.15, 0.2) is 0 Å². The largest absolute Gasteiger partial charge is 0.468 e. The first kappa shape index (κ1) is 15.4. The zero-order valence-corrected chi connectivity index (χ0v) is 11.9. The molecule has 0 aromatic rings. The number of methoxy groups -OCH3 is 2. The lowest BCUT2D eigenvalue weighted by Gasteiger charge is -2.40. The van der Waals surface area contributed by atoms with Crippen LogP contribution in [-0.2, 0) is 14.3 Å². The van der Waals surface area contributed by atoms with Gasteiger partial charge in [0.2, 0.25) is 0 Å². The Hall–Kier alpha value is -0.650. The Labute approximate surface area is 110 Å². The van der Waals surface area contributed by atoms with Crippen LogP contribution in [0.3, 0.4) is 0 Å². The normalized spacial score (nSPS) is 30.2. The topological polar surface area (TPSA) is 64.8 Å². The van der Waals surface area contributed by atoms with Crippen molar-refractivity contribution in [3.63, 3.8) is 0 Å². The van der Waals surface area contributed by atoms with Crippen LogP contribution in [0.5, 0.6) is 0 Å². The van der Waals surface area contributed by atoms with E-state index >= 15 is 0 Å². The van der Waals surface area contributed by atoms with E-state index in [-0.39, 0.29) is 12.1 Å². The molecule has 0 aliphatic heterocycles. The predicted octanol–water partition coefficient (Wildman–Crippen LogP) is 0.766. The molecule has 0 spiro atoms. The SMILES string of the molecule is COC(=O)C1(N)CCCC(N(C)CC(C)OC)C1. The Morgan fingerprint density at radius 1 is 1.56 bits per heavy atom. The number of carbonyl (C=O) groups excluding carboxylic acids is 1. The van der Waals surface area contributed by atoms with Crippen LogP contribution in [0.1, 0.15) is 32.6 Å². The summed E-state index contributed by atoms with van der Waals surface area (Å²) in [7, 11) is 5.17. The van der Waals surface area contributed by atoms with Gasteiger partial charge >= 0.3 is 5.97 Å². The molecule has 18 heavy (non-hydrogen) atoms. The summed E-state index contributed by atoms with van der Waals surface area (Å²) < 4.78 is 10.1. The second-order valence-corrected chi connectivity index (χ2v) is 5.38. The van der Waals surface area contributed by atoms with Crippen molar-refractivity contribution in [1.82, 2.24) is 4.90 Å². The number of rotatable bonds is 5. The minimum absolute atomic E-state index is 0.183. The van der Waals surface area contributed by atoms with E-state index in [1.54, 1.807) is 7.11 Å². The first-order chi connectivity index (χ1) is 8.42. The van der Waals surface area contributed by atoms with Crippen molar-refractivity contribution in [3.05, 3.63) is 0 Å². The maximum Gasteiger partial charge on any atom is 0.325 e. The van der Waals surface area contributed by atoms with Crippen LogP contribution in [0, 0.1) is 0 Å². The monoisotopic (exact) mass is 258 g/mol. The molecule has 0 saturated heterocycles. The van der Waals surface area contributed by atoms with E-state index in [1.807, 2.05) is 6.92 Å². The van der Waals surface area contributed by atoms with E-state index in [0.29, 0.717) is 18.9 Å². The minimum Gasteiger partial charge on any atom is -0.468 e. The van der Waals surface area contributed by atoms with Gasteiger partial charge < -0.3 is 20.1 Å². The summed E-state index contributed by atoms with van der Waals surface area (Å²) in [6.45, 7) is 2.88. The van der Waals surface area contributed by atoms with Crippen molar-refractivity contribution in [2.75, 3.05) is 27.8 Å². The molecule has 0 aromatic carbocycles. The Kier molecular flexibility index (Phi) is 5.56. The lowest BCUT2D eigenvalue weighted by Crippen LogP contribution is -2.56. The summed E-state index contributed by atoms with van der Waals surface area (Å²) in [6, 6.07) is 0.320. The van der Waals surface area contributed by atoms with Crippen molar-refractivity contribution in [3.8, 4) is 0 Å². The van der Waals surface area contributed by atoms with Gasteiger partial charge in [0.15, 0.2) is 0 Å². The fourth-order valence-electron chi connectivity index (χ4n) is 2.67. The van der Waals surface area contributed by atoms with Gasteiger partial charge in [0, 0.05) is 19.7 Å². The van der Waals surface area contributed by atoms with Gasteiger partial charge in [0.1, 0.15) is 5.54 Å². The molecule has 0 amide bonds. The average molecular weight is 258 g/mol. The molecular formula is C13H26N2O3. The number of likely N-dealkylation sites (N-methyl/N-ethyl adjacent to an activating group) is 1. The number of ether oxygens (including phenoxy) is 2. The minimum atomic E-state index is -0.817. The van der Waals surface area contributed by atoms with Crippen LogP contribution in [0.4, 0.5) is 0 Å². The van der Waals surface area contributed by atoms with E-state index in [0.717, 1.165) is 19.4 Å². The molecule has 1 rings (SSSR count). The maximum absolute atomic E-state index is 11.7. The highest BCUT2D eigenvalue weighted by molar-refractivity contribution is 5.80. The van der Waals surface area contributed by atoms with Gasteiger partial charge in [-0.05, 0) is 39.7 Å². The molecule has 3 atom stereocenters. The highest BCUT2D eigenvalue weighted by atomic mass is 16.5. The molecule has 0 heterocycles. The Morgan fingerprint density at radius 3 is 2.78 bits per heavy atom. The molecule has 5 nitrogen and oxygen atoms in total. The standard InChI is InChI=1S/C13H26N2O3/c1-10(17-3)9-15(2)11-6-5-7-13(14,8-11)12(16)18-4/h10-11H,5-9,14H2,1-4H3. The van der Waals surface area contributed by atoms with E-state index in [1.165, 1.54) is 7.11 Å². The highest BCUT2D eigenvalue weighted by Gasteiger charge is 2.41. The fourth-order valence-corrected chi connectivity index (χ4v) is 2.67. The van der Waals surface area contributed by atoms with Crippen molar-refractivity contribution in [1.29, 1.82) is 0 Å². The highest BCUT2D eigenvalue weighted by Crippen LogP contribution is 2.30. The van der Waals surface area contributed by atoms with Crippen LogP contribution in [0.25, 0.3) is 0 Å². The molecule has 2 N–H and O–H groups in total. The van der Waals surface area contributed by atoms with Crippen molar-refractivity contribution in [2.24, 2.45) is 5.73 Å². The second-order valence-electron chi connectivity index (χ2n) is 5.38. The lowest BCUT2D eigenvalue weighted by molar-refractivity contribution is -0.149. The van der Waals surface area contributed by atoms with E-state index < -0.39 is 5.54 Å². The van der Waals surface area contributed by atoms with Crippen LogP contribution in [-0.4, -0.2) is 56.4 Å². The maximum atomic E-state index is 11.7. The summed E-state index contributed by atoms with van der Waals surface area (Å²) >= 11 is 0. The van der Waals surface area contributed by atoms with E-state index in [2.05, 4.69) is 11.9 Å². The third kappa shape index (κ3) is 3.67. The van der Waals surface area contributed by atoms with Crippen molar-refractivity contribution in [2.45, 2.75) is 50.3 Å². The van der Waals surface area contributed by atoms with E-state index in [4.69, 9.17) is 15.2 Å². The summed E-state index contributed by atoms with van der Waals surface area (Å²) in [5.74, 6) is -0.291.